The Morgan fingerprint density at radius 3 is 2.42 bits per heavy atom. The zero-order valence-corrected chi connectivity index (χ0v) is 17.9. The number of carbonyl (C=O) groups is 2. The van der Waals surface area contributed by atoms with Crippen LogP contribution in [0.3, 0.4) is 0 Å². The third-order valence-electron chi connectivity index (χ3n) is 5.48. The first kappa shape index (κ1) is 20.5. The zero-order valence-electron chi connectivity index (χ0n) is 17.9. The molecule has 1 heterocycles. The molecule has 0 unspecified atom stereocenters. The lowest BCUT2D eigenvalue weighted by atomic mass is 9.97. The van der Waals surface area contributed by atoms with E-state index in [1.54, 1.807) is 6.21 Å². The molecule has 3 aromatic carbocycles. The van der Waals surface area contributed by atoms with Gasteiger partial charge < -0.3 is 9.40 Å². The maximum atomic E-state index is 13.2. The highest BCUT2D eigenvalue weighted by Crippen LogP contribution is 2.31. The summed E-state index contributed by atoms with van der Waals surface area (Å²) in [6, 6.07) is 19.9. The highest BCUT2D eigenvalue weighted by Gasteiger charge is 2.15. The molecule has 5 nitrogen and oxygen atoms in total. The van der Waals surface area contributed by atoms with Crippen molar-refractivity contribution < 1.29 is 14.4 Å². The molecule has 4 rings (SSSR count). The van der Waals surface area contributed by atoms with E-state index in [4.69, 9.17) is 0 Å². The van der Waals surface area contributed by atoms with Gasteiger partial charge in [-0.3, -0.25) is 4.79 Å². The van der Waals surface area contributed by atoms with Crippen molar-refractivity contribution in [3.63, 3.8) is 0 Å². The third-order valence-corrected chi connectivity index (χ3v) is 5.48. The maximum Gasteiger partial charge on any atom is 0.331 e. The molecule has 4 aromatic rings. The molecule has 0 atom stereocenters. The first-order valence-corrected chi connectivity index (χ1v) is 10.3. The summed E-state index contributed by atoms with van der Waals surface area (Å²) in [6.07, 6.45) is 2.12. The molecule has 0 spiro atoms. The fourth-order valence-electron chi connectivity index (χ4n) is 4.00. The van der Waals surface area contributed by atoms with Crippen molar-refractivity contribution in [2.45, 2.75) is 33.7 Å². The van der Waals surface area contributed by atoms with Crippen molar-refractivity contribution in [3.05, 3.63) is 82.9 Å². The van der Waals surface area contributed by atoms with Crippen molar-refractivity contribution in [2.24, 2.45) is 5.16 Å². The van der Waals surface area contributed by atoms with Crippen LogP contribution in [0.1, 0.15) is 40.9 Å². The van der Waals surface area contributed by atoms with Gasteiger partial charge in [-0.2, -0.15) is 0 Å². The van der Waals surface area contributed by atoms with E-state index in [2.05, 4.69) is 33.6 Å². The number of hydrogen-bond acceptors (Lipinski definition) is 4. The van der Waals surface area contributed by atoms with E-state index < -0.39 is 5.97 Å². The average molecular weight is 412 g/mol. The number of nitrogens with zero attached hydrogens (tertiary/aromatic N) is 2. The van der Waals surface area contributed by atoms with E-state index in [1.165, 1.54) is 6.92 Å². The minimum Gasteiger partial charge on any atom is -0.341 e. The van der Waals surface area contributed by atoms with Crippen molar-refractivity contribution in [2.75, 3.05) is 0 Å². The predicted molar refractivity (Wildman–Crippen MR) is 124 cm³/mol. The number of aryl methyl sites for hydroxylation is 2. The van der Waals surface area contributed by atoms with Crippen molar-refractivity contribution in [1.82, 2.24) is 4.57 Å². The number of oxime groups is 1. The van der Waals surface area contributed by atoms with Crippen LogP contribution in [0.5, 0.6) is 0 Å². The van der Waals surface area contributed by atoms with E-state index >= 15 is 0 Å². The average Bonchev–Trinajstić information content (AvgIpc) is 3.08. The summed E-state index contributed by atoms with van der Waals surface area (Å²) in [5.74, 6) is -0.411. The second-order valence-electron chi connectivity index (χ2n) is 7.55. The molecule has 156 valence electrons. The van der Waals surface area contributed by atoms with Crippen LogP contribution in [0.2, 0.25) is 0 Å². The van der Waals surface area contributed by atoms with E-state index in [9.17, 15) is 9.59 Å². The summed E-state index contributed by atoms with van der Waals surface area (Å²) in [6.45, 7) is 6.22. The Kier molecular flexibility index (Phi) is 5.67. The van der Waals surface area contributed by atoms with Gasteiger partial charge in [0.15, 0.2) is 5.78 Å². The molecule has 31 heavy (non-hydrogen) atoms. The van der Waals surface area contributed by atoms with Gasteiger partial charge in [0.1, 0.15) is 0 Å². The molecular weight excluding hydrogens is 388 g/mol. The van der Waals surface area contributed by atoms with Gasteiger partial charge in [-0.05, 0) is 55.3 Å². The molecule has 0 saturated carbocycles. The fourth-order valence-corrected chi connectivity index (χ4v) is 4.00. The Morgan fingerprint density at radius 1 is 1.00 bits per heavy atom. The molecule has 1 aromatic heterocycles. The molecular formula is C26H24N2O3. The van der Waals surface area contributed by atoms with E-state index in [0.717, 1.165) is 45.0 Å². The summed E-state index contributed by atoms with van der Waals surface area (Å²) in [5, 5.41) is 5.83. The molecule has 5 heteroatoms. The number of benzene rings is 3. The van der Waals surface area contributed by atoms with Crippen LogP contribution >= 0.6 is 0 Å². The summed E-state index contributed by atoms with van der Waals surface area (Å²) in [5.41, 5.74) is 5.65. The molecule has 0 N–H and O–H groups in total. The number of fused-ring (bicyclic) bond motifs is 3. The lowest BCUT2D eigenvalue weighted by molar-refractivity contribution is -0.140. The number of hydrogen-bond donors (Lipinski definition) is 0. The predicted octanol–water partition coefficient (Wildman–Crippen LogP) is 5.45. The summed E-state index contributed by atoms with van der Waals surface area (Å²) >= 11 is 0. The van der Waals surface area contributed by atoms with Crippen LogP contribution in [0, 0.1) is 6.92 Å². The first-order valence-electron chi connectivity index (χ1n) is 10.3. The molecule has 0 saturated heterocycles. The SMILES string of the molecule is CCn1c2ccc(CC=NOC(C)=O)cc2c2cc(C(=O)c3ccccc3C)ccc21. The molecule has 0 aliphatic carbocycles. The maximum absolute atomic E-state index is 13.2. The Labute approximate surface area is 180 Å². The largest absolute Gasteiger partial charge is 0.341 e. The Hall–Kier alpha value is -3.73. The highest BCUT2D eigenvalue weighted by atomic mass is 16.7. The molecule has 0 aliphatic rings. The minimum atomic E-state index is -0.441. The van der Waals surface area contributed by atoms with Gasteiger partial charge in [-0.15, -0.1) is 0 Å². The van der Waals surface area contributed by atoms with Crippen LogP contribution in [-0.4, -0.2) is 22.5 Å². The van der Waals surface area contributed by atoms with Crippen molar-refractivity contribution in [3.8, 4) is 0 Å². The Bertz CT molecular complexity index is 1330. The Morgan fingerprint density at radius 2 is 1.71 bits per heavy atom. The molecule has 0 aliphatic heterocycles. The summed E-state index contributed by atoms with van der Waals surface area (Å²) < 4.78 is 2.25. The van der Waals surface area contributed by atoms with Crippen molar-refractivity contribution >= 4 is 39.8 Å². The Balaban J connectivity index is 1.79. The minimum absolute atomic E-state index is 0.0297. The van der Waals surface area contributed by atoms with Gasteiger partial charge in [-0.1, -0.05) is 35.5 Å². The smallest absolute Gasteiger partial charge is 0.331 e. The van der Waals surface area contributed by atoms with E-state index in [-0.39, 0.29) is 5.78 Å². The standard InChI is InChI=1S/C26H24N2O3/c1-4-28-24-11-9-19(13-14-27-31-18(3)29)15-22(24)23-16-20(10-12-25(23)28)26(30)21-8-6-5-7-17(21)2/h5-12,14-16H,4,13H2,1-3H3. The van der Waals surface area contributed by atoms with Gasteiger partial charge in [0, 0.05) is 59.0 Å². The van der Waals surface area contributed by atoms with Gasteiger partial charge in [0.25, 0.3) is 0 Å². The van der Waals surface area contributed by atoms with Gasteiger partial charge in [-0.25, -0.2) is 4.79 Å². The number of carbonyl (C=O) groups excluding carboxylic acids is 2. The lowest BCUT2D eigenvalue weighted by Gasteiger charge is -2.06. The van der Waals surface area contributed by atoms with Gasteiger partial charge in [0.05, 0.1) is 0 Å². The van der Waals surface area contributed by atoms with E-state index in [1.807, 2.05) is 55.5 Å². The summed E-state index contributed by atoms with van der Waals surface area (Å²) in [4.78, 5) is 28.6. The van der Waals surface area contributed by atoms with Gasteiger partial charge in [0.2, 0.25) is 0 Å². The molecule has 0 bridgehead atoms. The number of rotatable bonds is 6. The second kappa shape index (κ2) is 8.56. The van der Waals surface area contributed by atoms with Crippen LogP contribution in [0.4, 0.5) is 0 Å². The van der Waals surface area contributed by atoms with Crippen molar-refractivity contribution in [1.29, 1.82) is 0 Å². The molecule has 0 fully saturated rings. The normalized spacial score (nSPS) is 11.5. The quantitative estimate of drug-likeness (QED) is 0.183. The van der Waals surface area contributed by atoms with Crippen LogP contribution in [0.15, 0.2) is 65.8 Å². The summed E-state index contributed by atoms with van der Waals surface area (Å²) in [7, 11) is 0. The molecule has 0 amide bonds. The first-order chi connectivity index (χ1) is 15.0. The fraction of sp³-hybridized carbons (Fsp3) is 0.192. The van der Waals surface area contributed by atoms with Crippen LogP contribution in [0.25, 0.3) is 21.8 Å². The zero-order chi connectivity index (χ0) is 22.0. The number of ketones is 1. The third kappa shape index (κ3) is 3.99. The topological polar surface area (TPSA) is 60.7 Å². The lowest BCUT2D eigenvalue weighted by Crippen LogP contribution is -2.03. The van der Waals surface area contributed by atoms with Crippen LogP contribution < -0.4 is 0 Å². The van der Waals surface area contributed by atoms with Gasteiger partial charge >= 0.3 is 5.97 Å². The monoisotopic (exact) mass is 412 g/mol. The van der Waals surface area contributed by atoms with E-state index in [0.29, 0.717) is 12.0 Å². The van der Waals surface area contributed by atoms with Crippen LogP contribution in [-0.2, 0) is 22.6 Å². The number of aromatic nitrogens is 1. The molecule has 0 radical (unpaired) electrons. The second-order valence-corrected chi connectivity index (χ2v) is 7.55. The highest BCUT2D eigenvalue weighted by molar-refractivity contribution is 6.15.